The molecule has 8 atom stereocenters. The van der Waals surface area contributed by atoms with Crippen LogP contribution in [0.25, 0.3) is 0 Å². The molecule has 198 valence electrons. The maximum absolute atomic E-state index is 12.5. The zero-order valence-electron chi connectivity index (χ0n) is 20.3. The third kappa shape index (κ3) is 4.18. The molecule has 0 aromatic carbocycles. The first-order valence-corrected chi connectivity index (χ1v) is 12.2. The zero-order valence-corrected chi connectivity index (χ0v) is 20.3. The minimum absolute atomic E-state index is 0.165. The molecule has 4 aliphatic carbocycles. The summed E-state index contributed by atoms with van der Waals surface area (Å²) in [4.78, 5) is 36.3. The van der Waals surface area contributed by atoms with Crippen molar-refractivity contribution in [2.45, 2.75) is 50.9 Å². The average Bonchev–Trinajstić information content (AvgIpc) is 2.79. The number of aliphatic hydroxyl groups is 5. The smallest absolute Gasteiger partial charge is 0.407 e. The predicted molar refractivity (Wildman–Crippen MR) is 125 cm³/mol. The molecule has 0 bridgehead atoms. The number of rotatable bonds is 5. The van der Waals surface area contributed by atoms with Gasteiger partial charge in [-0.3, -0.25) is 9.59 Å². The molecule has 11 nitrogen and oxygen atoms in total. The van der Waals surface area contributed by atoms with E-state index >= 15 is 0 Å². The van der Waals surface area contributed by atoms with Crippen molar-refractivity contribution in [3.05, 3.63) is 34.8 Å². The van der Waals surface area contributed by atoms with Gasteiger partial charge in [0.2, 0.25) is 0 Å². The number of Topliss-reactive ketones (excluding diaryl/α,β-unsaturated/α-hetero) is 1. The van der Waals surface area contributed by atoms with Gasteiger partial charge in [-0.05, 0) is 36.7 Å². The quantitative estimate of drug-likeness (QED) is 0.257. The Labute approximate surface area is 208 Å². The van der Waals surface area contributed by atoms with Gasteiger partial charge < -0.3 is 41.3 Å². The first-order valence-electron chi connectivity index (χ1n) is 12.2. The molecule has 36 heavy (non-hydrogen) atoms. The molecule has 2 saturated carbocycles. The molecule has 0 aromatic rings. The fourth-order valence-corrected chi connectivity index (χ4v) is 6.44. The number of nitrogens with one attached hydrogen (secondary N) is 1. The second-order valence-corrected chi connectivity index (χ2v) is 10.8. The van der Waals surface area contributed by atoms with E-state index in [2.05, 4.69) is 5.32 Å². The van der Waals surface area contributed by atoms with Gasteiger partial charge in [0.15, 0.2) is 11.4 Å². The van der Waals surface area contributed by atoms with Crippen LogP contribution in [0.4, 0.5) is 4.79 Å². The largest absolute Gasteiger partial charge is 0.508 e. The number of nitrogens with two attached hydrogens (primary N) is 1. The van der Waals surface area contributed by atoms with Gasteiger partial charge >= 0.3 is 6.09 Å². The van der Waals surface area contributed by atoms with Crippen LogP contribution in [0.2, 0.25) is 0 Å². The standard InChI is InChI=1S/C25H34N2O9/c1-10(2)9-36-24(34)27-8-11-3-4-15(28)18-14(11)6-12-5-13-7-16(29)19(23(26)33)22(32)25(13,35)21(31)17(12)20(18)30/h3-4,10-14,17,20-21,28,30-32,35H,5-9H2,1-2H3,(H2,26,33)(H,27,34)/t11?,12-,13+,14?,17?,20?,21?,25+/m1/s1. The fraction of sp³-hybridized carbons (Fsp3) is 0.640. The Hall–Kier alpha value is -2.89. The van der Waals surface area contributed by atoms with Crippen LogP contribution in [0.3, 0.4) is 0 Å². The number of carbonyl (C=O) groups is 3. The van der Waals surface area contributed by atoms with Crippen molar-refractivity contribution in [3.63, 3.8) is 0 Å². The summed E-state index contributed by atoms with van der Waals surface area (Å²) in [6.45, 7) is 4.30. The van der Waals surface area contributed by atoms with E-state index in [-0.39, 0.29) is 61.0 Å². The van der Waals surface area contributed by atoms with E-state index in [0.29, 0.717) is 6.42 Å². The molecule has 2 amide bonds. The van der Waals surface area contributed by atoms with Crippen LogP contribution in [-0.4, -0.2) is 74.3 Å². The zero-order chi connectivity index (χ0) is 26.5. The highest BCUT2D eigenvalue weighted by atomic mass is 16.5. The van der Waals surface area contributed by atoms with Crippen LogP contribution >= 0.6 is 0 Å². The third-order valence-corrected chi connectivity index (χ3v) is 8.13. The van der Waals surface area contributed by atoms with Crippen molar-refractivity contribution in [1.82, 2.24) is 5.32 Å². The first-order chi connectivity index (χ1) is 16.9. The van der Waals surface area contributed by atoms with Crippen molar-refractivity contribution >= 4 is 17.8 Å². The van der Waals surface area contributed by atoms with Gasteiger partial charge in [-0.1, -0.05) is 19.9 Å². The Morgan fingerprint density at radius 2 is 1.94 bits per heavy atom. The molecule has 0 spiro atoms. The number of primary amides is 1. The van der Waals surface area contributed by atoms with Crippen molar-refractivity contribution in [1.29, 1.82) is 0 Å². The molecule has 0 saturated heterocycles. The molecule has 0 aromatic heterocycles. The number of alkyl carbamates (subject to hydrolysis) is 1. The normalized spacial score (nSPS) is 37.8. The molecule has 4 rings (SSSR count). The minimum atomic E-state index is -2.34. The van der Waals surface area contributed by atoms with Gasteiger partial charge in [0.05, 0.1) is 18.8 Å². The molecular weight excluding hydrogens is 472 g/mol. The van der Waals surface area contributed by atoms with Crippen LogP contribution in [0.5, 0.6) is 0 Å². The third-order valence-electron chi connectivity index (χ3n) is 8.13. The van der Waals surface area contributed by atoms with E-state index in [1.54, 1.807) is 6.08 Å². The molecule has 11 heteroatoms. The summed E-state index contributed by atoms with van der Waals surface area (Å²) in [5.74, 6) is -5.78. The molecule has 2 fully saturated rings. The summed E-state index contributed by atoms with van der Waals surface area (Å²) in [5.41, 5.74) is 2.42. The summed E-state index contributed by atoms with van der Waals surface area (Å²) in [6, 6.07) is 0. The van der Waals surface area contributed by atoms with E-state index in [4.69, 9.17) is 10.5 Å². The summed E-state index contributed by atoms with van der Waals surface area (Å²) in [7, 11) is 0. The minimum Gasteiger partial charge on any atom is -0.508 e. The SMILES string of the molecule is CC(C)COC(=O)NCC1C=CC(O)=C2C(O)C3C(O)[C@]4(O)C(O)=C(C(N)=O)C(=O)C[C@@H]4C[C@@H]3CC21. The number of allylic oxidation sites excluding steroid dienone is 1. The van der Waals surface area contributed by atoms with Gasteiger partial charge in [0, 0.05) is 36.3 Å². The number of aliphatic hydroxyl groups excluding tert-OH is 4. The number of hydrogen-bond acceptors (Lipinski definition) is 9. The van der Waals surface area contributed by atoms with Crippen LogP contribution in [0.1, 0.15) is 33.1 Å². The van der Waals surface area contributed by atoms with E-state index in [0.717, 1.165) is 0 Å². The monoisotopic (exact) mass is 506 g/mol. The first kappa shape index (κ1) is 26.2. The Morgan fingerprint density at radius 1 is 1.25 bits per heavy atom. The Bertz CT molecular complexity index is 1050. The fourth-order valence-electron chi connectivity index (χ4n) is 6.44. The van der Waals surface area contributed by atoms with Crippen LogP contribution in [0, 0.1) is 35.5 Å². The number of ketones is 1. The maximum Gasteiger partial charge on any atom is 0.407 e. The second kappa shape index (κ2) is 9.53. The number of ether oxygens (including phenoxy) is 1. The Kier molecular flexibility index (Phi) is 6.93. The summed E-state index contributed by atoms with van der Waals surface area (Å²) in [5, 5.41) is 57.9. The highest BCUT2D eigenvalue weighted by molar-refractivity contribution is 6.20. The number of fused-ring (bicyclic) bond motifs is 3. The van der Waals surface area contributed by atoms with E-state index < -0.39 is 58.8 Å². The van der Waals surface area contributed by atoms with E-state index in [1.165, 1.54) is 6.08 Å². The molecule has 0 radical (unpaired) electrons. The summed E-state index contributed by atoms with van der Waals surface area (Å²) in [6.07, 6.45) is -0.225. The highest BCUT2D eigenvalue weighted by Crippen LogP contribution is 2.56. The highest BCUT2D eigenvalue weighted by Gasteiger charge is 2.63. The molecule has 0 heterocycles. The van der Waals surface area contributed by atoms with Crippen LogP contribution < -0.4 is 11.1 Å². The Morgan fingerprint density at radius 3 is 2.58 bits per heavy atom. The van der Waals surface area contributed by atoms with Crippen molar-refractivity contribution in [2.75, 3.05) is 13.2 Å². The lowest BCUT2D eigenvalue weighted by Crippen LogP contribution is -2.65. The van der Waals surface area contributed by atoms with Gasteiger partial charge in [0.25, 0.3) is 5.91 Å². The topological polar surface area (TPSA) is 200 Å². The lowest BCUT2D eigenvalue weighted by molar-refractivity contribution is -0.199. The molecule has 5 unspecified atom stereocenters. The van der Waals surface area contributed by atoms with Gasteiger partial charge in [-0.2, -0.15) is 0 Å². The van der Waals surface area contributed by atoms with Gasteiger partial charge in [-0.15, -0.1) is 0 Å². The maximum atomic E-state index is 12.5. The van der Waals surface area contributed by atoms with E-state index in [1.807, 2.05) is 13.8 Å². The number of amides is 2. The molecule has 4 aliphatic rings. The van der Waals surface area contributed by atoms with Crippen LogP contribution in [-0.2, 0) is 14.3 Å². The lowest BCUT2D eigenvalue weighted by Gasteiger charge is -2.56. The number of hydrogen-bond donors (Lipinski definition) is 7. The van der Waals surface area contributed by atoms with Crippen LogP contribution in [0.15, 0.2) is 34.8 Å². The summed E-state index contributed by atoms with van der Waals surface area (Å²) >= 11 is 0. The predicted octanol–water partition coefficient (Wildman–Crippen LogP) is 0.362. The van der Waals surface area contributed by atoms with E-state index in [9.17, 15) is 39.9 Å². The molecule has 0 aliphatic heterocycles. The second-order valence-electron chi connectivity index (χ2n) is 10.8. The lowest BCUT2D eigenvalue weighted by atomic mass is 9.52. The van der Waals surface area contributed by atoms with Crippen molar-refractivity contribution < 1.29 is 44.7 Å². The van der Waals surface area contributed by atoms with Gasteiger partial charge in [-0.25, -0.2) is 4.79 Å². The molecule has 8 N–H and O–H groups in total. The Balaban J connectivity index is 1.59. The summed E-state index contributed by atoms with van der Waals surface area (Å²) < 4.78 is 5.15. The van der Waals surface area contributed by atoms with Crippen molar-refractivity contribution in [2.24, 2.45) is 41.2 Å². The molecular formula is C25H34N2O9. The van der Waals surface area contributed by atoms with Crippen molar-refractivity contribution in [3.8, 4) is 0 Å². The average molecular weight is 507 g/mol. The van der Waals surface area contributed by atoms with Gasteiger partial charge in [0.1, 0.15) is 17.1 Å². The number of carbonyl (C=O) groups excluding carboxylic acids is 3.